The van der Waals surface area contributed by atoms with Crippen LogP contribution < -0.4 is 28.3 Å². The molecule has 1 aliphatic rings. The molecule has 2 rings (SSSR count). The summed E-state index contributed by atoms with van der Waals surface area (Å²) in [6.45, 7) is 0.483. The van der Waals surface area contributed by atoms with Crippen LogP contribution >= 0.6 is 0 Å². The molecule has 2 amide bonds. The van der Waals surface area contributed by atoms with E-state index in [1.54, 1.807) is 0 Å². The Morgan fingerprint density at radius 2 is 1.88 bits per heavy atom. The van der Waals surface area contributed by atoms with E-state index >= 15 is 0 Å². The highest BCUT2D eigenvalue weighted by Crippen LogP contribution is 2.14. The number of rotatable bonds is 4. The fourth-order valence-corrected chi connectivity index (χ4v) is 2.10. The third-order valence-corrected chi connectivity index (χ3v) is 3.25. The van der Waals surface area contributed by atoms with Gasteiger partial charge in [-0.2, -0.15) is 0 Å². The molecule has 0 aliphatic carbocycles. The Bertz CT molecular complexity index is 480. The van der Waals surface area contributed by atoms with Gasteiger partial charge >= 0.3 is 6.09 Å². The maximum absolute atomic E-state index is 11.7. The second kappa shape index (κ2) is 12.2. The van der Waals surface area contributed by atoms with Crippen molar-refractivity contribution in [3.8, 4) is 0 Å². The van der Waals surface area contributed by atoms with Gasteiger partial charge in [-0.15, -0.1) is 0 Å². The first-order valence-corrected chi connectivity index (χ1v) is 7.11. The van der Waals surface area contributed by atoms with Crippen molar-refractivity contribution in [3.63, 3.8) is 0 Å². The summed E-state index contributed by atoms with van der Waals surface area (Å²) < 4.78 is 10.5. The SMILES string of the molecule is NN.NNC(=O)[C@@H]1CC[C@@H](NC(=O)OCc2ccccc2)CO1.O. The van der Waals surface area contributed by atoms with E-state index in [1.165, 1.54) is 0 Å². The molecule has 1 aliphatic heterocycles. The van der Waals surface area contributed by atoms with E-state index in [2.05, 4.69) is 22.4 Å². The van der Waals surface area contributed by atoms with Crippen molar-refractivity contribution < 1.29 is 24.5 Å². The summed E-state index contributed by atoms with van der Waals surface area (Å²) in [6.07, 6.45) is 0.105. The quantitative estimate of drug-likeness (QED) is 0.248. The predicted molar refractivity (Wildman–Crippen MR) is 86.8 cm³/mol. The van der Waals surface area contributed by atoms with Crippen LogP contribution in [0.3, 0.4) is 0 Å². The van der Waals surface area contributed by atoms with Gasteiger partial charge in [-0.25, -0.2) is 10.6 Å². The molecule has 0 saturated carbocycles. The molecule has 24 heavy (non-hydrogen) atoms. The van der Waals surface area contributed by atoms with Crippen LogP contribution in [0.4, 0.5) is 4.79 Å². The standard InChI is InChI=1S/C14H19N3O4.H4N2.H2O/c15-17-13(18)12-7-6-11(9-20-12)16-14(19)21-8-10-4-2-1-3-5-10;1-2;/h1-5,11-12H,6-9,15H2,(H,16,19)(H,17,18);1-2H2;1H2/t11-,12+;;/m1../s1. The molecular formula is C14H25N5O5. The van der Waals surface area contributed by atoms with Gasteiger partial charge in [0, 0.05) is 0 Å². The molecule has 10 nitrogen and oxygen atoms in total. The number of carbonyl (C=O) groups excluding carboxylic acids is 2. The third-order valence-electron chi connectivity index (χ3n) is 3.25. The van der Waals surface area contributed by atoms with Crippen LogP contribution in [-0.4, -0.2) is 36.2 Å². The highest BCUT2D eigenvalue weighted by atomic mass is 16.5. The van der Waals surface area contributed by atoms with Crippen molar-refractivity contribution in [2.24, 2.45) is 17.5 Å². The van der Waals surface area contributed by atoms with Crippen molar-refractivity contribution in [2.45, 2.75) is 31.6 Å². The topological polar surface area (TPSA) is 186 Å². The Hall–Kier alpha value is -2.24. The van der Waals surface area contributed by atoms with Crippen LogP contribution in [0, 0.1) is 0 Å². The molecule has 10 heteroatoms. The number of benzene rings is 1. The highest BCUT2D eigenvalue weighted by molar-refractivity contribution is 5.80. The molecule has 1 heterocycles. The third kappa shape index (κ3) is 7.35. The number of nitrogens with two attached hydrogens (primary N) is 3. The molecule has 1 fully saturated rings. The Morgan fingerprint density at radius 3 is 2.42 bits per heavy atom. The van der Waals surface area contributed by atoms with Crippen LogP contribution in [-0.2, 0) is 20.9 Å². The molecule has 1 saturated heterocycles. The van der Waals surface area contributed by atoms with Gasteiger partial charge in [0.1, 0.15) is 12.7 Å². The average Bonchev–Trinajstić information content (AvgIpc) is 2.62. The Balaban J connectivity index is 0.00000170. The van der Waals surface area contributed by atoms with E-state index in [4.69, 9.17) is 15.3 Å². The zero-order chi connectivity index (χ0) is 17.1. The maximum Gasteiger partial charge on any atom is 0.407 e. The monoisotopic (exact) mass is 343 g/mol. The van der Waals surface area contributed by atoms with Crippen molar-refractivity contribution in [2.75, 3.05) is 6.61 Å². The largest absolute Gasteiger partial charge is 0.445 e. The molecule has 136 valence electrons. The second-order valence-corrected chi connectivity index (χ2v) is 4.81. The number of carbonyl (C=O) groups is 2. The first-order chi connectivity index (χ1) is 11.2. The predicted octanol–water partition coefficient (Wildman–Crippen LogP) is -1.56. The van der Waals surface area contributed by atoms with E-state index in [0.717, 1.165) is 5.56 Å². The minimum absolute atomic E-state index is 0. The van der Waals surface area contributed by atoms with Crippen LogP contribution in [0.1, 0.15) is 18.4 Å². The number of nitrogens with one attached hydrogen (secondary N) is 2. The van der Waals surface area contributed by atoms with E-state index in [0.29, 0.717) is 12.8 Å². The van der Waals surface area contributed by atoms with Gasteiger partial charge in [-0.05, 0) is 18.4 Å². The van der Waals surface area contributed by atoms with Crippen molar-refractivity contribution in [1.29, 1.82) is 0 Å². The smallest absolute Gasteiger partial charge is 0.407 e. The minimum atomic E-state index is -0.548. The van der Waals surface area contributed by atoms with Gasteiger partial charge in [0.25, 0.3) is 5.91 Å². The van der Waals surface area contributed by atoms with E-state index in [-0.39, 0.29) is 30.6 Å². The van der Waals surface area contributed by atoms with E-state index in [9.17, 15) is 9.59 Å². The lowest BCUT2D eigenvalue weighted by Gasteiger charge is -2.28. The molecule has 0 aromatic heterocycles. The maximum atomic E-state index is 11.7. The summed E-state index contributed by atoms with van der Waals surface area (Å²) in [6, 6.07) is 9.27. The Labute approximate surface area is 139 Å². The van der Waals surface area contributed by atoms with Crippen LogP contribution in [0.25, 0.3) is 0 Å². The second-order valence-electron chi connectivity index (χ2n) is 4.81. The summed E-state index contributed by atoms with van der Waals surface area (Å²) in [5, 5.41) is 2.72. The van der Waals surface area contributed by atoms with E-state index in [1.807, 2.05) is 30.3 Å². The van der Waals surface area contributed by atoms with Gasteiger partial charge < -0.3 is 20.3 Å². The minimum Gasteiger partial charge on any atom is -0.445 e. The fraction of sp³-hybridized carbons (Fsp3) is 0.429. The zero-order valence-corrected chi connectivity index (χ0v) is 13.2. The number of hydrogen-bond acceptors (Lipinski definition) is 7. The molecule has 0 bridgehead atoms. The van der Waals surface area contributed by atoms with Crippen LogP contribution in [0.15, 0.2) is 30.3 Å². The summed E-state index contributed by atoms with van der Waals surface area (Å²) in [5.41, 5.74) is 2.98. The first kappa shape index (κ1) is 21.8. The van der Waals surface area contributed by atoms with Gasteiger partial charge in [0.15, 0.2) is 0 Å². The molecule has 10 N–H and O–H groups in total. The van der Waals surface area contributed by atoms with Gasteiger partial charge in [-0.3, -0.25) is 21.9 Å². The number of hydrazine groups is 2. The Morgan fingerprint density at radius 1 is 1.21 bits per heavy atom. The fourth-order valence-electron chi connectivity index (χ4n) is 2.10. The number of ether oxygens (including phenoxy) is 2. The molecule has 0 spiro atoms. The molecular weight excluding hydrogens is 318 g/mol. The number of hydrogen-bond donors (Lipinski definition) is 5. The van der Waals surface area contributed by atoms with E-state index < -0.39 is 12.2 Å². The van der Waals surface area contributed by atoms with Crippen LogP contribution in [0.5, 0.6) is 0 Å². The highest BCUT2D eigenvalue weighted by Gasteiger charge is 2.27. The van der Waals surface area contributed by atoms with Crippen LogP contribution in [0.2, 0.25) is 0 Å². The van der Waals surface area contributed by atoms with Gasteiger partial charge in [-0.1, -0.05) is 30.3 Å². The van der Waals surface area contributed by atoms with Crippen molar-refractivity contribution >= 4 is 12.0 Å². The zero-order valence-electron chi connectivity index (χ0n) is 13.2. The molecule has 2 atom stereocenters. The molecule has 0 unspecified atom stereocenters. The summed E-state index contributed by atoms with van der Waals surface area (Å²) in [5.74, 6) is 12.7. The lowest BCUT2D eigenvalue weighted by Crippen LogP contribution is -2.48. The lowest BCUT2D eigenvalue weighted by atomic mass is 10.0. The summed E-state index contributed by atoms with van der Waals surface area (Å²) >= 11 is 0. The molecule has 1 aromatic rings. The first-order valence-electron chi connectivity index (χ1n) is 7.11. The van der Waals surface area contributed by atoms with Gasteiger partial charge in [0.05, 0.1) is 12.6 Å². The summed E-state index contributed by atoms with van der Waals surface area (Å²) in [7, 11) is 0. The number of alkyl carbamates (subject to hydrolysis) is 1. The lowest BCUT2D eigenvalue weighted by molar-refractivity contribution is -0.136. The number of amides is 2. The average molecular weight is 343 g/mol. The normalized spacial score (nSPS) is 19.0. The Kier molecular flexibility index (Phi) is 11.1. The summed E-state index contributed by atoms with van der Waals surface area (Å²) in [4.78, 5) is 22.9. The van der Waals surface area contributed by atoms with Crippen molar-refractivity contribution in [3.05, 3.63) is 35.9 Å². The molecule has 1 aromatic carbocycles. The molecule has 0 radical (unpaired) electrons. The van der Waals surface area contributed by atoms with Crippen molar-refractivity contribution in [1.82, 2.24) is 10.7 Å². The van der Waals surface area contributed by atoms with Gasteiger partial charge in [0.2, 0.25) is 0 Å².